The molecule has 0 bridgehead atoms. The molecule has 31 heavy (non-hydrogen) atoms. The predicted molar refractivity (Wildman–Crippen MR) is 118 cm³/mol. The molecule has 0 saturated carbocycles. The fourth-order valence-corrected chi connectivity index (χ4v) is 4.09. The van der Waals surface area contributed by atoms with Crippen LogP contribution in [0.15, 0.2) is 58.4 Å². The third kappa shape index (κ3) is 4.06. The lowest BCUT2D eigenvalue weighted by atomic mass is 9.78. The van der Waals surface area contributed by atoms with E-state index in [1.54, 1.807) is 7.11 Å². The maximum absolute atomic E-state index is 12.6. The molecule has 0 fully saturated rings. The summed E-state index contributed by atoms with van der Waals surface area (Å²) < 4.78 is 11.6. The third-order valence-corrected chi connectivity index (χ3v) is 5.66. The van der Waals surface area contributed by atoms with E-state index in [0.29, 0.717) is 29.4 Å². The predicted octanol–water partition coefficient (Wildman–Crippen LogP) is 2.64. The van der Waals surface area contributed by atoms with Crippen molar-refractivity contribution in [3.63, 3.8) is 0 Å². The first kappa shape index (κ1) is 20.7. The molecule has 3 aromatic rings. The summed E-state index contributed by atoms with van der Waals surface area (Å²) in [5, 5.41) is 20.3. The van der Waals surface area contributed by atoms with Crippen molar-refractivity contribution in [1.82, 2.24) is 15.6 Å². The zero-order chi connectivity index (χ0) is 22.0. The van der Waals surface area contributed by atoms with Crippen LogP contribution >= 0.6 is 0 Å². The molecule has 4 N–H and O–H groups in total. The molecule has 2 aromatic carbocycles. The summed E-state index contributed by atoms with van der Waals surface area (Å²) in [5.41, 5.74) is 6.35. The molecule has 8 heteroatoms. The second kappa shape index (κ2) is 8.69. The molecule has 0 amide bonds. The molecule has 1 aromatic heterocycles. The number of hydrazone groups is 1. The number of nitrogens with zero attached hydrogens (tertiary/aromatic N) is 1. The van der Waals surface area contributed by atoms with Gasteiger partial charge in [0.05, 0.1) is 13.0 Å². The summed E-state index contributed by atoms with van der Waals surface area (Å²) in [4.78, 5) is 12.6. The topological polar surface area (TPSA) is 112 Å². The summed E-state index contributed by atoms with van der Waals surface area (Å²) >= 11 is 0. The summed E-state index contributed by atoms with van der Waals surface area (Å²) in [5.74, 6) is 0.319. The molecule has 3 atom stereocenters. The summed E-state index contributed by atoms with van der Waals surface area (Å²) in [6, 6.07) is 15.5. The van der Waals surface area contributed by atoms with E-state index in [9.17, 15) is 9.90 Å². The van der Waals surface area contributed by atoms with E-state index in [4.69, 9.17) is 9.47 Å². The average Bonchev–Trinajstić information content (AvgIpc) is 3.29. The minimum absolute atomic E-state index is 0.224. The fourth-order valence-electron chi connectivity index (χ4n) is 4.09. The molecule has 4 rings (SSSR count). The lowest BCUT2D eigenvalue weighted by Crippen LogP contribution is -2.35. The first-order valence-electron chi connectivity index (χ1n) is 10.1. The van der Waals surface area contributed by atoms with Gasteiger partial charge in [0.1, 0.15) is 12.8 Å². The lowest BCUT2D eigenvalue weighted by molar-refractivity contribution is 0.111. The van der Waals surface area contributed by atoms with Gasteiger partial charge < -0.3 is 19.7 Å². The Morgan fingerprint density at radius 2 is 1.87 bits per heavy atom. The molecule has 3 unspecified atom stereocenters. The molecule has 0 aliphatic carbocycles. The molecule has 0 spiro atoms. The largest absolute Gasteiger partial charge is 0.493 e. The fraction of sp³-hybridized carbons (Fsp3) is 0.304. The van der Waals surface area contributed by atoms with Crippen molar-refractivity contribution in [2.24, 2.45) is 11.0 Å². The maximum Gasteiger partial charge on any atom is 0.267 e. The maximum atomic E-state index is 12.6. The van der Waals surface area contributed by atoms with Crippen LogP contribution in [0.3, 0.4) is 0 Å². The standard InChI is InChI=1S/C23H26N4O4/c1-13-19(22(28)26-24-13)21(20-14(2)25-27-23(20)29)16-9-10-17(18(11-16)30-3)31-12-15-7-5-4-6-8-15/h4-11,19,21-22,26,28H,12H2,1-3H3,(H2,25,27,29). The highest BCUT2D eigenvalue weighted by Crippen LogP contribution is 2.39. The Balaban J connectivity index is 1.72. The molecule has 0 radical (unpaired) electrons. The zero-order valence-electron chi connectivity index (χ0n) is 17.7. The number of ether oxygens (including phenoxy) is 2. The van der Waals surface area contributed by atoms with Gasteiger partial charge in [-0.2, -0.15) is 5.10 Å². The van der Waals surface area contributed by atoms with Crippen LogP contribution in [0.1, 0.15) is 35.2 Å². The second-order valence-electron chi connectivity index (χ2n) is 7.63. The monoisotopic (exact) mass is 422 g/mol. The molecule has 0 saturated heterocycles. The first-order chi connectivity index (χ1) is 15.0. The zero-order valence-corrected chi connectivity index (χ0v) is 17.7. The second-order valence-corrected chi connectivity index (χ2v) is 7.63. The number of aromatic nitrogens is 2. The minimum Gasteiger partial charge on any atom is -0.493 e. The highest BCUT2D eigenvalue weighted by molar-refractivity contribution is 5.87. The Bertz CT molecular complexity index is 1140. The van der Waals surface area contributed by atoms with Gasteiger partial charge in [0.25, 0.3) is 5.56 Å². The molecular weight excluding hydrogens is 396 g/mol. The van der Waals surface area contributed by atoms with Gasteiger partial charge in [-0.15, -0.1) is 0 Å². The van der Waals surface area contributed by atoms with E-state index >= 15 is 0 Å². The number of aromatic amines is 2. The highest BCUT2D eigenvalue weighted by atomic mass is 16.5. The molecule has 1 aliphatic heterocycles. The van der Waals surface area contributed by atoms with Crippen LogP contribution in [0.4, 0.5) is 0 Å². The van der Waals surface area contributed by atoms with Crippen LogP contribution in [-0.2, 0) is 6.61 Å². The smallest absolute Gasteiger partial charge is 0.267 e. The van der Waals surface area contributed by atoms with Gasteiger partial charge in [-0.25, -0.2) is 0 Å². The number of methoxy groups -OCH3 is 1. The highest BCUT2D eigenvalue weighted by Gasteiger charge is 2.39. The molecule has 162 valence electrons. The van der Waals surface area contributed by atoms with Gasteiger partial charge in [-0.3, -0.25) is 15.3 Å². The molecule has 8 nitrogen and oxygen atoms in total. The average molecular weight is 422 g/mol. The minimum atomic E-state index is -0.904. The van der Waals surface area contributed by atoms with Gasteiger partial charge in [-0.05, 0) is 37.1 Å². The van der Waals surface area contributed by atoms with E-state index in [1.165, 1.54) is 0 Å². The van der Waals surface area contributed by atoms with Crippen LogP contribution in [0, 0.1) is 12.8 Å². The van der Waals surface area contributed by atoms with Gasteiger partial charge in [-0.1, -0.05) is 36.4 Å². The van der Waals surface area contributed by atoms with Crippen molar-refractivity contribution >= 4 is 5.71 Å². The summed E-state index contributed by atoms with van der Waals surface area (Å²) in [6.45, 7) is 4.08. The van der Waals surface area contributed by atoms with Gasteiger partial charge in [0.15, 0.2) is 11.5 Å². The van der Waals surface area contributed by atoms with Crippen molar-refractivity contribution in [2.45, 2.75) is 32.6 Å². The van der Waals surface area contributed by atoms with E-state index in [-0.39, 0.29) is 5.56 Å². The first-order valence-corrected chi connectivity index (χ1v) is 10.1. The molecule has 2 heterocycles. The molecular formula is C23H26N4O4. The van der Waals surface area contributed by atoms with E-state index in [2.05, 4.69) is 20.7 Å². The van der Waals surface area contributed by atoms with Crippen molar-refractivity contribution in [1.29, 1.82) is 0 Å². The van der Waals surface area contributed by atoms with Gasteiger partial charge in [0.2, 0.25) is 0 Å². The normalized spacial score (nSPS) is 18.9. The van der Waals surface area contributed by atoms with Gasteiger partial charge >= 0.3 is 0 Å². The third-order valence-electron chi connectivity index (χ3n) is 5.66. The quantitative estimate of drug-likeness (QED) is 0.468. The van der Waals surface area contributed by atoms with E-state index in [1.807, 2.05) is 62.4 Å². The Labute approximate surface area is 179 Å². The number of H-pyrrole nitrogens is 2. The van der Waals surface area contributed by atoms with Crippen LogP contribution in [0.25, 0.3) is 0 Å². The van der Waals surface area contributed by atoms with Crippen molar-refractivity contribution < 1.29 is 14.6 Å². The number of rotatable bonds is 7. The van der Waals surface area contributed by atoms with Crippen molar-refractivity contribution in [3.8, 4) is 11.5 Å². The number of benzene rings is 2. The lowest BCUT2D eigenvalue weighted by Gasteiger charge is -2.26. The Kier molecular flexibility index (Phi) is 5.81. The Morgan fingerprint density at radius 1 is 1.10 bits per heavy atom. The Hall–Kier alpha value is -3.52. The number of hydrogen-bond acceptors (Lipinski definition) is 6. The number of hydrogen-bond donors (Lipinski definition) is 4. The van der Waals surface area contributed by atoms with Crippen molar-refractivity contribution in [3.05, 3.63) is 81.3 Å². The summed E-state index contributed by atoms with van der Waals surface area (Å²) in [7, 11) is 1.58. The van der Waals surface area contributed by atoms with Crippen LogP contribution in [0.5, 0.6) is 11.5 Å². The summed E-state index contributed by atoms with van der Waals surface area (Å²) in [6.07, 6.45) is -0.904. The number of nitrogens with one attached hydrogen (secondary N) is 3. The molecule has 1 aliphatic rings. The van der Waals surface area contributed by atoms with Crippen LogP contribution in [0.2, 0.25) is 0 Å². The van der Waals surface area contributed by atoms with Crippen LogP contribution < -0.4 is 20.5 Å². The Morgan fingerprint density at radius 3 is 2.48 bits per heavy atom. The van der Waals surface area contributed by atoms with Crippen LogP contribution in [-0.4, -0.2) is 34.4 Å². The van der Waals surface area contributed by atoms with Gasteiger partial charge in [0, 0.05) is 22.9 Å². The van der Waals surface area contributed by atoms with Crippen molar-refractivity contribution in [2.75, 3.05) is 7.11 Å². The number of aliphatic hydroxyl groups is 1. The SMILES string of the molecule is COc1cc(C(c2c(C)[nH][nH]c2=O)C2C(C)=NNC2O)ccc1OCc1ccccc1. The number of aryl methyl sites for hydroxylation is 1. The van der Waals surface area contributed by atoms with E-state index in [0.717, 1.165) is 16.8 Å². The number of aliphatic hydroxyl groups excluding tert-OH is 1. The van der Waals surface area contributed by atoms with E-state index < -0.39 is 18.1 Å².